The van der Waals surface area contributed by atoms with E-state index in [9.17, 15) is 18.0 Å². The number of hydrogen-bond acceptors (Lipinski definition) is 6. The van der Waals surface area contributed by atoms with Crippen LogP contribution in [0.4, 0.5) is 16.2 Å². The molecule has 0 saturated carbocycles. The fourth-order valence-corrected chi connectivity index (χ4v) is 3.48. The van der Waals surface area contributed by atoms with Crippen molar-refractivity contribution in [2.24, 2.45) is 0 Å². The predicted octanol–water partition coefficient (Wildman–Crippen LogP) is 1.29. The van der Waals surface area contributed by atoms with Gasteiger partial charge in [0.15, 0.2) is 0 Å². The third-order valence-electron chi connectivity index (χ3n) is 4.23. The molecule has 0 aliphatic carbocycles. The van der Waals surface area contributed by atoms with Crippen LogP contribution in [-0.2, 0) is 30.3 Å². The molecule has 8 nitrogen and oxygen atoms in total. The van der Waals surface area contributed by atoms with Crippen molar-refractivity contribution in [2.75, 3.05) is 35.8 Å². The Morgan fingerprint density at radius 1 is 1.28 bits per heavy atom. The summed E-state index contributed by atoms with van der Waals surface area (Å²) in [5, 5.41) is 0. The van der Waals surface area contributed by atoms with E-state index in [1.807, 2.05) is 19.1 Å². The standard InChI is InChI=1S/C16H20N2O6S/c1-3-17-14-6-5-12(8-11(14)4-7-15(17)19)18-9-13(24-16(18)20)10-23-25(2,21)22/h5-6,8,13H,3-4,7,9-10H2,1-2H3/t13-/m1/s1. The Balaban J connectivity index is 1.76. The minimum absolute atomic E-state index is 0.0984. The molecule has 0 aromatic heterocycles. The average Bonchev–Trinajstić information content (AvgIpc) is 2.93. The fraction of sp³-hybridized carbons (Fsp3) is 0.500. The van der Waals surface area contributed by atoms with E-state index in [1.54, 1.807) is 11.0 Å². The Labute approximate surface area is 146 Å². The SMILES string of the molecule is CCN1C(=O)CCc2cc(N3C[C@H](COS(C)(=O)=O)OC3=O)ccc21. The summed E-state index contributed by atoms with van der Waals surface area (Å²) in [4.78, 5) is 27.2. The van der Waals surface area contributed by atoms with Crippen LogP contribution < -0.4 is 9.80 Å². The van der Waals surface area contributed by atoms with E-state index in [0.29, 0.717) is 25.1 Å². The first-order chi connectivity index (χ1) is 11.8. The normalized spacial score (nSPS) is 20.6. The van der Waals surface area contributed by atoms with Gasteiger partial charge in [-0.1, -0.05) is 0 Å². The molecule has 0 N–H and O–H groups in total. The molecule has 3 rings (SSSR count). The molecule has 136 valence electrons. The highest BCUT2D eigenvalue weighted by atomic mass is 32.2. The average molecular weight is 368 g/mol. The van der Waals surface area contributed by atoms with E-state index in [-0.39, 0.29) is 19.1 Å². The summed E-state index contributed by atoms with van der Waals surface area (Å²) in [6.45, 7) is 2.53. The molecule has 2 heterocycles. The van der Waals surface area contributed by atoms with Crippen molar-refractivity contribution >= 4 is 33.5 Å². The van der Waals surface area contributed by atoms with Crippen molar-refractivity contribution < 1.29 is 26.9 Å². The highest BCUT2D eigenvalue weighted by molar-refractivity contribution is 7.85. The Morgan fingerprint density at radius 2 is 2.04 bits per heavy atom. The smallest absolute Gasteiger partial charge is 0.414 e. The topological polar surface area (TPSA) is 93.2 Å². The van der Waals surface area contributed by atoms with Crippen molar-refractivity contribution in [1.29, 1.82) is 0 Å². The van der Waals surface area contributed by atoms with Crippen LogP contribution in [0.2, 0.25) is 0 Å². The monoisotopic (exact) mass is 368 g/mol. The zero-order valence-electron chi connectivity index (χ0n) is 14.1. The van der Waals surface area contributed by atoms with Gasteiger partial charge >= 0.3 is 6.09 Å². The molecule has 0 bridgehead atoms. The van der Waals surface area contributed by atoms with E-state index < -0.39 is 22.3 Å². The number of fused-ring (bicyclic) bond motifs is 1. The number of carbonyl (C=O) groups excluding carboxylic acids is 2. The van der Waals surface area contributed by atoms with Crippen LogP contribution in [-0.4, -0.2) is 52.5 Å². The first-order valence-corrected chi connectivity index (χ1v) is 9.86. The molecular formula is C16H20N2O6S. The maximum atomic E-state index is 12.1. The summed E-state index contributed by atoms with van der Waals surface area (Å²) in [6.07, 6.45) is 0.834. The molecule has 1 aromatic rings. The number of amides is 2. The predicted molar refractivity (Wildman–Crippen MR) is 91.2 cm³/mol. The second kappa shape index (κ2) is 6.64. The molecule has 0 radical (unpaired) electrons. The fourth-order valence-electron chi connectivity index (χ4n) is 3.08. The lowest BCUT2D eigenvalue weighted by Crippen LogP contribution is -2.35. The van der Waals surface area contributed by atoms with Gasteiger partial charge in [-0.25, -0.2) is 4.79 Å². The first-order valence-electron chi connectivity index (χ1n) is 8.04. The van der Waals surface area contributed by atoms with E-state index in [4.69, 9.17) is 8.92 Å². The lowest BCUT2D eigenvalue weighted by Gasteiger charge is -2.29. The van der Waals surface area contributed by atoms with Crippen LogP contribution in [0.15, 0.2) is 18.2 Å². The van der Waals surface area contributed by atoms with Gasteiger partial charge in [-0.15, -0.1) is 0 Å². The van der Waals surface area contributed by atoms with E-state index in [1.165, 1.54) is 4.90 Å². The molecular weight excluding hydrogens is 348 g/mol. The molecule has 1 atom stereocenters. The molecule has 9 heteroatoms. The highest BCUT2D eigenvalue weighted by Crippen LogP contribution is 2.32. The van der Waals surface area contributed by atoms with Crippen molar-refractivity contribution in [2.45, 2.75) is 25.9 Å². The summed E-state index contributed by atoms with van der Waals surface area (Å²) in [5.41, 5.74) is 2.53. The van der Waals surface area contributed by atoms with Crippen LogP contribution in [0.5, 0.6) is 0 Å². The van der Waals surface area contributed by atoms with Gasteiger partial charge in [0, 0.05) is 24.3 Å². The lowest BCUT2D eigenvalue weighted by atomic mass is 10.00. The Bertz CT molecular complexity index is 807. The molecule has 2 aliphatic rings. The molecule has 1 aromatic carbocycles. The number of anilines is 2. The molecule has 0 unspecified atom stereocenters. The number of hydrogen-bond donors (Lipinski definition) is 0. The Hall–Kier alpha value is -2.13. The third kappa shape index (κ3) is 3.77. The zero-order valence-corrected chi connectivity index (χ0v) is 14.9. The van der Waals surface area contributed by atoms with Gasteiger partial charge in [0.1, 0.15) is 12.7 Å². The Morgan fingerprint density at radius 3 is 2.72 bits per heavy atom. The van der Waals surface area contributed by atoms with Gasteiger partial charge in [0.05, 0.1) is 12.8 Å². The molecule has 2 amide bonds. The van der Waals surface area contributed by atoms with Gasteiger partial charge in [-0.2, -0.15) is 8.42 Å². The van der Waals surface area contributed by atoms with Gasteiger partial charge in [-0.3, -0.25) is 13.9 Å². The third-order valence-corrected chi connectivity index (χ3v) is 4.80. The Kier molecular flexibility index (Phi) is 4.70. The van der Waals surface area contributed by atoms with Gasteiger partial charge in [0.2, 0.25) is 5.91 Å². The number of cyclic esters (lactones) is 1. The number of aryl methyl sites for hydroxylation is 1. The van der Waals surface area contributed by atoms with Crippen molar-refractivity contribution in [3.63, 3.8) is 0 Å². The number of nitrogens with zero attached hydrogens (tertiary/aromatic N) is 2. The lowest BCUT2D eigenvalue weighted by molar-refractivity contribution is -0.118. The number of carbonyl (C=O) groups is 2. The zero-order chi connectivity index (χ0) is 18.2. The van der Waals surface area contributed by atoms with Crippen LogP contribution in [0.25, 0.3) is 0 Å². The minimum atomic E-state index is -3.58. The minimum Gasteiger partial charge on any atom is -0.441 e. The summed E-state index contributed by atoms with van der Waals surface area (Å²) < 4.78 is 32.0. The van der Waals surface area contributed by atoms with E-state index in [0.717, 1.165) is 17.5 Å². The number of benzene rings is 1. The molecule has 1 fully saturated rings. The second-order valence-electron chi connectivity index (χ2n) is 6.06. The van der Waals surface area contributed by atoms with Crippen molar-refractivity contribution in [3.8, 4) is 0 Å². The number of rotatable bonds is 5. The van der Waals surface area contributed by atoms with Crippen molar-refractivity contribution in [3.05, 3.63) is 23.8 Å². The highest BCUT2D eigenvalue weighted by Gasteiger charge is 2.34. The van der Waals surface area contributed by atoms with Gasteiger partial charge in [-0.05, 0) is 37.1 Å². The van der Waals surface area contributed by atoms with Gasteiger partial charge < -0.3 is 9.64 Å². The first kappa shape index (κ1) is 17.7. The van der Waals surface area contributed by atoms with Crippen LogP contribution in [0, 0.1) is 0 Å². The van der Waals surface area contributed by atoms with Gasteiger partial charge in [0.25, 0.3) is 10.1 Å². The maximum absolute atomic E-state index is 12.1. The maximum Gasteiger partial charge on any atom is 0.414 e. The summed E-state index contributed by atoms with van der Waals surface area (Å²) >= 11 is 0. The molecule has 25 heavy (non-hydrogen) atoms. The van der Waals surface area contributed by atoms with E-state index in [2.05, 4.69) is 0 Å². The largest absolute Gasteiger partial charge is 0.441 e. The summed E-state index contributed by atoms with van der Waals surface area (Å²) in [5.74, 6) is 0.0984. The summed E-state index contributed by atoms with van der Waals surface area (Å²) in [6, 6.07) is 5.48. The van der Waals surface area contributed by atoms with Crippen LogP contribution in [0.3, 0.4) is 0 Å². The second-order valence-corrected chi connectivity index (χ2v) is 7.70. The summed E-state index contributed by atoms with van der Waals surface area (Å²) in [7, 11) is -3.58. The van der Waals surface area contributed by atoms with Crippen molar-refractivity contribution in [1.82, 2.24) is 0 Å². The molecule has 1 saturated heterocycles. The molecule has 0 spiro atoms. The number of ether oxygens (including phenoxy) is 1. The molecule has 2 aliphatic heterocycles. The van der Waals surface area contributed by atoms with E-state index >= 15 is 0 Å². The van der Waals surface area contributed by atoms with Crippen LogP contribution in [0.1, 0.15) is 18.9 Å². The van der Waals surface area contributed by atoms with Crippen LogP contribution >= 0.6 is 0 Å². The quantitative estimate of drug-likeness (QED) is 0.727.